The molecule has 1 atom stereocenters. The lowest BCUT2D eigenvalue weighted by Crippen LogP contribution is -2.49. The predicted molar refractivity (Wildman–Crippen MR) is 78.6 cm³/mol. The van der Waals surface area contributed by atoms with Crippen LogP contribution in [0.25, 0.3) is 0 Å². The van der Waals surface area contributed by atoms with Gasteiger partial charge in [-0.3, -0.25) is 4.79 Å². The van der Waals surface area contributed by atoms with Crippen molar-refractivity contribution in [2.45, 2.75) is 19.4 Å². The normalized spacial score (nSPS) is 20.2. The molecule has 0 saturated carbocycles. The zero-order chi connectivity index (χ0) is 13.7. The SMILES string of the molecule is C[C@H]1CN(CCC(=O)Nc2cccc(Cl)c2)CCN1. The summed E-state index contributed by atoms with van der Waals surface area (Å²) in [4.78, 5) is 14.2. The summed E-state index contributed by atoms with van der Waals surface area (Å²) in [6, 6.07) is 7.72. The minimum atomic E-state index is 0.0356. The van der Waals surface area contributed by atoms with Gasteiger partial charge in [0, 0.05) is 49.4 Å². The quantitative estimate of drug-likeness (QED) is 0.887. The summed E-state index contributed by atoms with van der Waals surface area (Å²) in [6.07, 6.45) is 0.513. The van der Waals surface area contributed by atoms with Gasteiger partial charge in [-0.25, -0.2) is 0 Å². The summed E-state index contributed by atoms with van der Waals surface area (Å²) in [5, 5.41) is 6.89. The Labute approximate surface area is 119 Å². The van der Waals surface area contributed by atoms with Crippen LogP contribution >= 0.6 is 11.6 Å². The van der Waals surface area contributed by atoms with Crippen molar-refractivity contribution >= 4 is 23.2 Å². The summed E-state index contributed by atoms with van der Waals surface area (Å²) in [5.74, 6) is 0.0356. The third-order valence-electron chi connectivity index (χ3n) is 3.22. The van der Waals surface area contributed by atoms with Crippen LogP contribution in [-0.4, -0.2) is 43.0 Å². The number of halogens is 1. The van der Waals surface area contributed by atoms with Crippen molar-refractivity contribution < 1.29 is 4.79 Å². The van der Waals surface area contributed by atoms with E-state index in [-0.39, 0.29) is 5.91 Å². The van der Waals surface area contributed by atoms with Crippen LogP contribution in [0.5, 0.6) is 0 Å². The number of piperazine rings is 1. The van der Waals surface area contributed by atoms with Crippen molar-refractivity contribution in [3.63, 3.8) is 0 Å². The van der Waals surface area contributed by atoms with Gasteiger partial charge >= 0.3 is 0 Å². The molecule has 19 heavy (non-hydrogen) atoms. The average Bonchev–Trinajstić information content (AvgIpc) is 2.36. The molecule has 1 saturated heterocycles. The largest absolute Gasteiger partial charge is 0.326 e. The van der Waals surface area contributed by atoms with Gasteiger partial charge in [-0.15, -0.1) is 0 Å². The molecule has 104 valence electrons. The Bertz CT molecular complexity index is 438. The van der Waals surface area contributed by atoms with E-state index < -0.39 is 0 Å². The molecule has 2 N–H and O–H groups in total. The number of nitrogens with zero attached hydrogens (tertiary/aromatic N) is 1. The molecule has 1 aliphatic rings. The molecule has 5 heteroatoms. The van der Waals surface area contributed by atoms with E-state index >= 15 is 0 Å². The minimum absolute atomic E-state index is 0.0356. The first-order valence-corrected chi connectivity index (χ1v) is 7.02. The topological polar surface area (TPSA) is 44.4 Å². The third kappa shape index (κ3) is 4.82. The molecular weight excluding hydrogens is 262 g/mol. The highest BCUT2D eigenvalue weighted by molar-refractivity contribution is 6.30. The molecular formula is C14H20ClN3O. The van der Waals surface area contributed by atoms with E-state index in [2.05, 4.69) is 22.5 Å². The van der Waals surface area contributed by atoms with Gasteiger partial charge in [0.1, 0.15) is 0 Å². The number of nitrogens with one attached hydrogen (secondary N) is 2. The molecule has 1 amide bonds. The lowest BCUT2D eigenvalue weighted by Gasteiger charge is -2.31. The minimum Gasteiger partial charge on any atom is -0.326 e. The van der Waals surface area contributed by atoms with Gasteiger partial charge in [-0.2, -0.15) is 0 Å². The molecule has 1 aliphatic heterocycles. The van der Waals surface area contributed by atoms with Gasteiger partial charge in [0.25, 0.3) is 0 Å². The zero-order valence-electron chi connectivity index (χ0n) is 11.2. The fraction of sp³-hybridized carbons (Fsp3) is 0.500. The first-order chi connectivity index (χ1) is 9.13. The number of hydrogen-bond donors (Lipinski definition) is 2. The van der Waals surface area contributed by atoms with E-state index in [1.165, 1.54) is 0 Å². The van der Waals surface area contributed by atoms with Crippen molar-refractivity contribution in [1.29, 1.82) is 0 Å². The number of carbonyl (C=O) groups excluding carboxylic acids is 1. The maximum absolute atomic E-state index is 11.9. The Morgan fingerprint density at radius 3 is 3.16 bits per heavy atom. The third-order valence-corrected chi connectivity index (χ3v) is 3.45. The summed E-state index contributed by atoms with van der Waals surface area (Å²) >= 11 is 5.88. The van der Waals surface area contributed by atoms with E-state index in [1.807, 2.05) is 12.1 Å². The first kappa shape index (κ1) is 14.3. The summed E-state index contributed by atoms with van der Waals surface area (Å²) in [5.41, 5.74) is 0.756. The number of benzene rings is 1. The Balaban J connectivity index is 1.75. The number of carbonyl (C=O) groups is 1. The molecule has 4 nitrogen and oxygen atoms in total. The highest BCUT2D eigenvalue weighted by Crippen LogP contribution is 2.15. The van der Waals surface area contributed by atoms with E-state index in [0.717, 1.165) is 31.9 Å². The Morgan fingerprint density at radius 1 is 1.58 bits per heavy atom. The maximum atomic E-state index is 11.9. The van der Waals surface area contributed by atoms with Gasteiger partial charge < -0.3 is 15.5 Å². The Morgan fingerprint density at radius 2 is 2.42 bits per heavy atom. The Hall–Kier alpha value is -1.10. The summed E-state index contributed by atoms with van der Waals surface area (Å²) < 4.78 is 0. The molecule has 1 aromatic carbocycles. The monoisotopic (exact) mass is 281 g/mol. The second-order valence-corrected chi connectivity index (χ2v) is 5.40. The molecule has 0 spiro atoms. The number of rotatable bonds is 4. The molecule has 0 radical (unpaired) electrons. The van der Waals surface area contributed by atoms with E-state index in [1.54, 1.807) is 12.1 Å². The highest BCUT2D eigenvalue weighted by atomic mass is 35.5. The standard InChI is InChI=1S/C14H20ClN3O/c1-11-10-18(8-6-16-11)7-5-14(19)17-13-4-2-3-12(15)9-13/h2-4,9,11,16H,5-8,10H2,1H3,(H,17,19)/t11-/m0/s1. The van der Waals surface area contributed by atoms with Crippen molar-refractivity contribution in [3.05, 3.63) is 29.3 Å². The zero-order valence-corrected chi connectivity index (χ0v) is 11.9. The fourth-order valence-electron chi connectivity index (χ4n) is 2.26. The van der Waals surface area contributed by atoms with Crippen LogP contribution in [0, 0.1) is 0 Å². The molecule has 0 aliphatic carbocycles. The van der Waals surface area contributed by atoms with E-state index in [0.29, 0.717) is 17.5 Å². The smallest absolute Gasteiger partial charge is 0.225 e. The van der Waals surface area contributed by atoms with E-state index in [9.17, 15) is 4.79 Å². The van der Waals surface area contributed by atoms with Gasteiger partial charge in [-0.05, 0) is 25.1 Å². The molecule has 0 bridgehead atoms. The lowest BCUT2D eigenvalue weighted by atomic mass is 10.2. The lowest BCUT2D eigenvalue weighted by molar-refractivity contribution is -0.116. The second-order valence-electron chi connectivity index (χ2n) is 4.96. The van der Waals surface area contributed by atoms with Gasteiger partial charge in [-0.1, -0.05) is 17.7 Å². The van der Waals surface area contributed by atoms with Crippen LogP contribution in [0.1, 0.15) is 13.3 Å². The second kappa shape index (κ2) is 6.89. The first-order valence-electron chi connectivity index (χ1n) is 6.64. The van der Waals surface area contributed by atoms with Crippen LogP contribution in [0.15, 0.2) is 24.3 Å². The molecule has 1 aromatic rings. The maximum Gasteiger partial charge on any atom is 0.225 e. The van der Waals surface area contributed by atoms with E-state index in [4.69, 9.17) is 11.6 Å². The summed E-state index contributed by atoms with van der Waals surface area (Å²) in [7, 11) is 0. The van der Waals surface area contributed by atoms with Crippen molar-refractivity contribution in [3.8, 4) is 0 Å². The molecule has 0 aromatic heterocycles. The Kier molecular flexibility index (Phi) is 5.19. The fourth-order valence-corrected chi connectivity index (χ4v) is 2.45. The van der Waals surface area contributed by atoms with Crippen LogP contribution in [0.4, 0.5) is 5.69 Å². The van der Waals surface area contributed by atoms with Crippen LogP contribution in [0.3, 0.4) is 0 Å². The summed E-state index contributed by atoms with van der Waals surface area (Å²) in [6.45, 7) is 5.98. The van der Waals surface area contributed by atoms with Crippen molar-refractivity contribution in [1.82, 2.24) is 10.2 Å². The number of hydrogen-bond acceptors (Lipinski definition) is 3. The molecule has 1 fully saturated rings. The van der Waals surface area contributed by atoms with Crippen molar-refractivity contribution in [2.75, 3.05) is 31.5 Å². The van der Waals surface area contributed by atoms with Gasteiger partial charge in [0.2, 0.25) is 5.91 Å². The molecule has 0 unspecified atom stereocenters. The van der Waals surface area contributed by atoms with Gasteiger partial charge in [0.15, 0.2) is 0 Å². The predicted octanol–water partition coefficient (Wildman–Crippen LogP) is 1.96. The average molecular weight is 282 g/mol. The molecule has 1 heterocycles. The molecule has 2 rings (SSSR count). The van der Waals surface area contributed by atoms with Crippen LogP contribution in [-0.2, 0) is 4.79 Å². The van der Waals surface area contributed by atoms with Crippen molar-refractivity contribution in [2.24, 2.45) is 0 Å². The van der Waals surface area contributed by atoms with Crippen LogP contribution in [0.2, 0.25) is 5.02 Å². The van der Waals surface area contributed by atoms with Gasteiger partial charge in [0.05, 0.1) is 0 Å². The number of amides is 1. The van der Waals surface area contributed by atoms with Crippen LogP contribution < -0.4 is 10.6 Å². The number of anilines is 1. The highest BCUT2D eigenvalue weighted by Gasteiger charge is 2.16.